The van der Waals surface area contributed by atoms with Crippen LogP contribution in [0.2, 0.25) is 0 Å². The Bertz CT molecular complexity index is 529. The lowest BCUT2D eigenvalue weighted by molar-refractivity contribution is 0.354. The number of hydrogen-bond donors (Lipinski definition) is 1. The Morgan fingerprint density at radius 3 is 2.58 bits per heavy atom. The predicted octanol–water partition coefficient (Wildman–Crippen LogP) is 3.46. The smallest absolute Gasteiger partial charge is 0.193 e. The third-order valence-electron chi connectivity index (χ3n) is 3.87. The molecule has 0 amide bonds. The number of unbranched alkanes of at least 4 members (excludes halogenated alkanes) is 3. The second kappa shape index (κ2) is 11.4. The molecule has 1 aromatic rings. The summed E-state index contributed by atoms with van der Waals surface area (Å²) in [5.41, 5.74) is 1.12. The van der Waals surface area contributed by atoms with Crippen molar-refractivity contribution in [2.24, 2.45) is 4.99 Å². The molecule has 1 aromatic carbocycles. The molecule has 0 heterocycles. The molecule has 0 aromatic heterocycles. The zero-order valence-electron chi connectivity index (χ0n) is 15.5. The van der Waals surface area contributed by atoms with Crippen molar-refractivity contribution in [3.8, 4) is 11.5 Å². The van der Waals surface area contributed by atoms with E-state index in [2.05, 4.69) is 28.8 Å². The van der Waals surface area contributed by atoms with E-state index in [9.17, 15) is 0 Å². The van der Waals surface area contributed by atoms with Crippen LogP contribution in [0.15, 0.2) is 35.8 Å². The van der Waals surface area contributed by atoms with E-state index in [0.717, 1.165) is 42.4 Å². The van der Waals surface area contributed by atoms with Gasteiger partial charge in [-0.25, -0.2) is 0 Å². The number of benzene rings is 1. The molecule has 0 saturated carbocycles. The van der Waals surface area contributed by atoms with E-state index >= 15 is 0 Å². The van der Waals surface area contributed by atoms with Crippen LogP contribution < -0.4 is 14.8 Å². The molecule has 0 radical (unpaired) electrons. The molecule has 1 N–H and O–H groups in total. The third-order valence-corrected chi connectivity index (χ3v) is 3.87. The van der Waals surface area contributed by atoms with Gasteiger partial charge in [-0.3, -0.25) is 4.99 Å². The van der Waals surface area contributed by atoms with Crippen molar-refractivity contribution >= 4 is 5.96 Å². The molecule has 0 saturated heterocycles. The number of aliphatic imine (C=N–C) groups is 1. The second-order valence-corrected chi connectivity index (χ2v) is 5.65. The van der Waals surface area contributed by atoms with Gasteiger partial charge in [0.2, 0.25) is 0 Å². The largest absolute Gasteiger partial charge is 0.493 e. The lowest BCUT2D eigenvalue weighted by Gasteiger charge is -2.22. The summed E-state index contributed by atoms with van der Waals surface area (Å²) in [7, 11) is 7.17. The van der Waals surface area contributed by atoms with Crippen molar-refractivity contribution in [2.75, 3.05) is 34.9 Å². The maximum atomic E-state index is 5.34. The van der Waals surface area contributed by atoms with Crippen molar-refractivity contribution in [1.82, 2.24) is 10.2 Å². The molecule has 0 unspecified atom stereocenters. The Labute approximate surface area is 146 Å². The van der Waals surface area contributed by atoms with Gasteiger partial charge in [0.25, 0.3) is 0 Å². The first-order valence-electron chi connectivity index (χ1n) is 8.39. The molecule has 0 fully saturated rings. The molecule has 0 spiro atoms. The number of rotatable bonds is 10. The summed E-state index contributed by atoms with van der Waals surface area (Å²) in [6.07, 6.45) is 6.64. The van der Waals surface area contributed by atoms with Gasteiger partial charge in [0.05, 0.1) is 14.2 Å². The molecule has 1 rings (SSSR count). The van der Waals surface area contributed by atoms with Crippen LogP contribution in [0.5, 0.6) is 11.5 Å². The number of guanidine groups is 1. The maximum Gasteiger partial charge on any atom is 0.193 e. The highest BCUT2D eigenvalue weighted by Gasteiger charge is 2.08. The summed E-state index contributed by atoms with van der Waals surface area (Å²) in [5.74, 6) is 2.37. The van der Waals surface area contributed by atoms with Crippen LogP contribution in [-0.2, 0) is 6.54 Å². The zero-order valence-corrected chi connectivity index (χ0v) is 15.5. The molecular weight excluding hydrogens is 302 g/mol. The highest BCUT2D eigenvalue weighted by atomic mass is 16.5. The minimum atomic E-state index is 0.688. The Kier molecular flexibility index (Phi) is 9.42. The highest BCUT2D eigenvalue weighted by molar-refractivity contribution is 5.79. The number of hydrogen-bond acceptors (Lipinski definition) is 3. The van der Waals surface area contributed by atoms with Crippen molar-refractivity contribution in [3.63, 3.8) is 0 Å². The summed E-state index contributed by atoms with van der Waals surface area (Å²) in [4.78, 5) is 6.52. The highest BCUT2D eigenvalue weighted by Crippen LogP contribution is 2.27. The number of nitrogens with zero attached hydrogens (tertiary/aromatic N) is 2. The van der Waals surface area contributed by atoms with E-state index in [1.165, 1.54) is 12.8 Å². The van der Waals surface area contributed by atoms with Gasteiger partial charge in [0, 0.05) is 27.2 Å². The van der Waals surface area contributed by atoms with E-state index in [1.54, 1.807) is 14.2 Å². The average Bonchev–Trinajstić information content (AvgIpc) is 2.61. The summed E-state index contributed by atoms with van der Waals surface area (Å²) < 4.78 is 10.6. The molecule has 0 atom stereocenters. The van der Waals surface area contributed by atoms with Crippen LogP contribution in [-0.4, -0.2) is 45.7 Å². The van der Waals surface area contributed by atoms with E-state index in [1.807, 2.05) is 31.3 Å². The molecular formula is C19H31N3O2. The van der Waals surface area contributed by atoms with E-state index in [-0.39, 0.29) is 0 Å². The Morgan fingerprint density at radius 2 is 1.96 bits per heavy atom. The molecule has 24 heavy (non-hydrogen) atoms. The van der Waals surface area contributed by atoms with Crippen molar-refractivity contribution in [1.29, 1.82) is 0 Å². The fourth-order valence-corrected chi connectivity index (χ4v) is 2.48. The van der Waals surface area contributed by atoms with Gasteiger partial charge >= 0.3 is 0 Å². The molecule has 0 aliphatic heterocycles. The number of allylic oxidation sites excluding steroid dienone is 1. The minimum absolute atomic E-state index is 0.688. The lowest BCUT2D eigenvalue weighted by Crippen LogP contribution is -2.39. The van der Waals surface area contributed by atoms with Gasteiger partial charge in [0.15, 0.2) is 17.5 Å². The maximum absolute atomic E-state index is 5.34. The normalized spacial score (nSPS) is 11.1. The third kappa shape index (κ3) is 6.52. The number of methoxy groups -OCH3 is 2. The predicted molar refractivity (Wildman–Crippen MR) is 101 cm³/mol. The molecule has 5 heteroatoms. The fraction of sp³-hybridized carbons (Fsp3) is 0.526. The average molecular weight is 333 g/mol. The topological polar surface area (TPSA) is 46.1 Å². The summed E-state index contributed by atoms with van der Waals surface area (Å²) in [5, 5.41) is 3.39. The van der Waals surface area contributed by atoms with Crippen LogP contribution >= 0.6 is 0 Å². The quantitative estimate of drug-likeness (QED) is 0.308. The summed E-state index contributed by atoms with van der Waals surface area (Å²) >= 11 is 0. The zero-order chi connectivity index (χ0) is 17.8. The Balaban J connectivity index is 2.49. The van der Waals surface area contributed by atoms with Crippen LogP contribution in [0.3, 0.4) is 0 Å². The Morgan fingerprint density at radius 1 is 1.21 bits per heavy atom. The van der Waals surface area contributed by atoms with Crippen LogP contribution in [0.1, 0.15) is 31.2 Å². The first-order valence-corrected chi connectivity index (χ1v) is 8.39. The Hall–Kier alpha value is -2.17. The van der Waals surface area contributed by atoms with Gasteiger partial charge in [-0.05, 0) is 37.0 Å². The van der Waals surface area contributed by atoms with Gasteiger partial charge in [-0.15, -0.1) is 6.58 Å². The van der Waals surface area contributed by atoms with Crippen LogP contribution in [0, 0.1) is 0 Å². The van der Waals surface area contributed by atoms with Gasteiger partial charge in [-0.2, -0.15) is 0 Å². The van der Waals surface area contributed by atoms with Crippen molar-refractivity contribution in [3.05, 3.63) is 36.4 Å². The van der Waals surface area contributed by atoms with Gasteiger partial charge in [-0.1, -0.05) is 18.6 Å². The molecule has 0 aliphatic carbocycles. The van der Waals surface area contributed by atoms with Gasteiger partial charge in [0.1, 0.15) is 0 Å². The first-order chi connectivity index (χ1) is 11.7. The lowest BCUT2D eigenvalue weighted by atomic mass is 10.2. The van der Waals surface area contributed by atoms with E-state index < -0.39 is 0 Å². The van der Waals surface area contributed by atoms with Crippen LogP contribution in [0.4, 0.5) is 0 Å². The standard InChI is InChI=1S/C19H31N3O2/c1-6-7-8-9-10-13-22(3)19(20-2)21-15-16-11-12-17(23-4)18(14-16)24-5/h6,11-12,14H,1,7-10,13,15H2,2-5H3,(H,20,21). The van der Waals surface area contributed by atoms with Crippen LogP contribution in [0.25, 0.3) is 0 Å². The van der Waals surface area contributed by atoms with Gasteiger partial charge < -0.3 is 19.7 Å². The monoisotopic (exact) mass is 333 g/mol. The summed E-state index contributed by atoms with van der Waals surface area (Å²) in [6.45, 7) is 5.43. The minimum Gasteiger partial charge on any atom is -0.493 e. The number of nitrogens with one attached hydrogen (secondary N) is 1. The summed E-state index contributed by atoms with van der Waals surface area (Å²) in [6, 6.07) is 5.92. The molecule has 0 aliphatic rings. The molecule has 134 valence electrons. The number of ether oxygens (including phenoxy) is 2. The SMILES string of the molecule is C=CCCCCCN(C)C(=NC)NCc1ccc(OC)c(OC)c1. The van der Waals surface area contributed by atoms with E-state index in [0.29, 0.717) is 6.54 Å². The molecule has 5 nitrogen and oxygen atoms in total. The first kappa shape index (κ1) is 19.9. The second-order valence-electron chi connectivity index (χ2n) is 5.65. The molecule has 0 bridgehead atoms. The fourth-order valence-electron chi connectivity index (χ4n) is 2.48. The van der Waals surface area contributed by atoms with E-state index in [4.69, 9.17) is 9.47 Å². The van der Waals surface area contributed by atoms with Crippen molar-refractivity contribution in [2.45, 2.75) is 32.2 Å². The van der Waals surface area contributed by atoms with Crippen molar-refractivity contribution < 1.29 is 9.47 Å².